The van der Waals surface area contributed by atoms with Crippen molar-refractivity contribution in [1.82, 2.24) is 14.5 Å². The number of carbonyl (C=O) groups excluding carboxylic acids is 1. The Morgan fingerprint density at radius 1 is 1.41 bits per heavy atom. The molecular formula is C18H17ClFN3O3S. The van der Waals surface area contributed by atoms with Crippen LogP contribution in [0.25, 0.3) is 11.3 Å². The van der Waals surface area contributed by atoms with Crippen LogP contribution in [0.1, 0.15) is 17.3 Å². The average Bonchev–Trinajstić information content (AvgIpc) is 3.08. The fourth-order valence-corrected chi connectivity index (χ4v) is 3.97. The van der Waals surface area contributed by atoms with E-state index in [0.29, 0.717) is 16.3 Å². The fourth-order valence-electron chi connectivity index (χ4n) is 2.41. The quantitative estimate of drug-likeness (QED) is 0.663. The Morgan fingerprint density at radius 3 is 2.70 bits per heavy atom. The maximum Gasteiger partial charge on any atom is 0.289 e. The number of halogens is 2. The summed E-state index contributed by atoms with van der Waals surface area (Å²) >= 11 is 4.16. The van der Waals surface area contributed by atoms with Crippen molar-refractivity contribution in [2.24, 2.45) is 0 Å². The van der Waals surface area contributed by atoms with E-state index >= 15 is 0 Å². The number of nitrogens with one attached hydrogen (secondary N) is 1. The summed E-state index contributed by atoms with van der Waals surface area (Å²) in [5, 5.41) is 17.5. The summed E-state index contributed by atoms with van der Waals surface area (Å²) in [5.41, 5.74) is 0.0889. The van der Waals surface area contributed by atoms with Gasteiger partial charge in [-0.2, -0.15) is 13.6 Å². The Labute approximate surface area is 162 Å². The normalized spacial score (nSPS) is 18.2. The van der Waals surface area contributed by atoms with Crippen LogP contribution < -0.4 is 10.9 Å². The van der Waals surface area contributed by atoms with Gasteiger partial charge in [-0.05, 0) is 36.6 Å². The van der Waals surface area contributed by atoms with E-state index in [4.69, 9.17) is 16.7 Å². The Bertz CT molecular complexity index is 988. The highest BCUT2D eigenvalue weighted by Crippen LogP contribution is 2.41. The largest absolute Gasteiger partial charge is 0.394 e. The first-order chi connectivity index (χ1) is 12.9. The number of nitrogens with zero attached hydrogens (tertiary/aromatic N) is 2. The standard InChI is InChI=1S/C18H17ClFN3O3S/c1-11(10-24)21-17(25)14-9-15(12-4-6-13(19)7-5-12)22-23(18(14)26)27-8-2-3-16(27)20/h2-9,11,24,27H,10H2,1H3,(H,21,25)/t11-/m0/s1. The third kappa shape index (κ3) is 4.13. The van der Waals surface area contributed by atoms with Crippen LogP contribution in [0.15, 0.2) is 57.8 Å². The van der Waals surface area contributed by atoms with Gasteiger partial charge in [-0.1, -0.05) is 40.9 Å². The molecule has 0 fully saturated rings. The Hall–Kier alpha value is -2.42. The SMILES string of the molecule is C[C@@H](CO)NC(=O)c1cc(-c2ccc(Cl)cc2)nn([SH]2C=CC=C2F)c1=O. The Balaban J connectivity index is 2.14. The van der Waals surface area contributed by atoms with E-state index in [0.717, 1.165) is 4.09 Å². The topological polar surface area (TPSA) is 84.2 Å². The van der Waals surface area contributed by atoms with E-state index in [2.05, 4.69) is 10.4 Å². The van der Waals surface area contributed by atoms with E-state index in [1.165, 1.54) is 18.2 Å². The second-order valence-corrected chi connectivity index (χ2v) is 8.11. The van der Waals surface area contributed by atoms with Gasteiger partial charge in [0.15, 0.2) is 5.16 Å². The van der Waals surface area contributed by atoms with Gasteiger partial charge in [0, 0.05) is 16.6 Å². The van der Waals surface area contributed by atoms with Crippen LogP contribution in [0.3, 0.4) is 0 Å². The smallest absolute Gasteiger partial charge is 0.289 e. The number of rotatable bonds is 5. The van der Waals surface area contributed by atoms with Crippen molar-refractivity contribution in [2.75, 3.05) is 6.61 Å². The molecule has 0 radical (unpaired) electrons. The molecule has 142 valence electrons. The van der Waals surface area contributed by atoms with Gasteiger partial charge in [-0.15, -0.1) is 0 Å². The van der Waals surface area contributed by atoms with Crippen molar-refractivity contribution < 1.29 is 14.3 Å². The summed E-state index contributed by atoms with van der Waals surface area (Å²) in [6.45, 7) is 1.33. The number of hydrogen-bond donors (Lipinski definition) is 3. The van der Waals surface area contributed by atoms with Crippen molar-refractivity contribution in [1.29, 1.82) is 0 Å². The van der Waals surface area contributed by atoms with Gasteiger partial charge in [0.1, 0.15) is 5.56 Å². The minimum absolute atomic E-state index is 0.175. The van der Waals surface area contributed by atoms with Gasteiger partial charge in [-0.3, -0.25) is 9.59 Å². The lowest BCUT2D eigenvalue weighted by Crippen LogP contribution is -2.39. The van der Waals surface area contributed by atoms with Crippen molar-refractivity contribution >= 4 is 28.6 Å². The number of aliphatic hydroxyl groups excluding tert-OH is 1. The number of hydrogen-bond acceptors (Lipinski definition) is 4. The molecule has 27 heavy (non-hydrogen) atoms. The van der Waals surface area contributed by atoms with Gasteiger partial charge in [0.2, 0.25) is 0 Å². The van der Waals surface area contributed by atoms with Crippen LogP contribution in [-0.2, 0) is 0 Å². The first-order valence-corrected chi connectivity index (χ1v) is 9.80. The van der Waals surface area contributed by atoms with Gasteiger partial charge >= 0.3 is 0 Å². The van der Waals surface area contributed by atoms with E-state index in [1.54, 1.807) is 36.6 Å². The van der Waals surface area contributed by atoms with E-state index in [1.807, 2.05) is 0 Å². The van der Waals surface area contributed by atoms with E-state index in [-0.39, 0.29) is 12.2 Å². The van der Waals surface area contributed by atoms with Crippen LogP contribution in [0.5, 0.6) is 0 Å². The second kappa shape index (κ2) is 8.08. The van der Waals surface area contributed by atoms with Gasteiger partial charge in [0.25, 0.3) is 11.5 Å². The summed E-state index contributed by atoms with van der Waals surface area (Å²) in [6.07, 6.45) is 2.78. The van der Waals surface area contributed by atoms with Crippen LogP contribution in [-0.4, -0.2) is 32.8 Å². The third-order valence-corrected chi connectivity index (χ3v) is 5.79. The molecule has 0 saturated heterocycles. The minimum Gasteiger partial charge on any atom is -0.394 e. The number of allylic oxidation sites excluding steroid dienone is 2. The van der Waals surface area contributed by atoms with Gasteiger partial charge in [-0.25, -0.2) is 0 Å². The fraction of sp³-hybridized carbons (Fsp3) is 0.167. The summed E-state index contributed by atoms with van der Waals surface area (Å²) in [6, 6.07) is 7.53. The monoisotopic (exact) mass is 409 g/mol. The molecule has 2 N–H and O–H groups in total. The van der Waals surface area contributed by atoms with Crippen LogP contribution in [0.2, 0.25) is 5.02 Å². The van der Waals surface area contributed by atoms with Crippen molar-refractivity contribution in [3.05, 3.63) is 74.0 Å². The first kappa shape index (κ1) is 19.3. The molecule has 1 amide bonds. The summed E-state index contributed by atoms with van der Waals surface area (Å²) in [5.74, 6) is -0.657. The van der Waals surface area contributed by atoms with Crippen molar-refractivity contribution in [3.8, 4) is 11.3 Å². The maximum atomic E-state index is 14.1. The highest BCUT2D eigenvalue weighted by Gasteiger charge is 2.22. The maximum absolute atomic E-state index is 14.1. The van der Waals surface area contributed by atoms with Crippen LogP contribution >= 0.6 is 22.7 Å². The molecule has 1 aromatic heterocycles. The minimum atomic E-state index is -1.75. The Kier molecular flexibility index (Phi) is 5.79. The zero-order valence-corrected chi connectivity index (χ0v) is 15.9. The molecular weight excluding hydrogens is 393 g/mol. The number of thiol groups is 1. The zero-order valence-electron chi connectivity index (χ0n) is 14.3. The summed E-state index contributed by atoms with van der Waals surface area (Å²) in [7, 11) is 0. The molecule has 1 aliphatic rings. The number of benzene rings is 1. The van der Waals surface area contributed by atoms with Gasteiger partial charge in [0.05, 0.1) is 12.3 Å². The molecule has 3 rings (SSSR count). The Morgan fingerprint density at radius 2 is 2.11 bits per heavy atom. The highest BCUT2D eigenvalue weighted by molar-refractivity contribution is 8.21. The molecule has 0 saturated carbocycles. The number of amides is 1. The molecule has 0 aliphatic carbocycles. The molecule has 2 atom stereocenters. The summed E-state index contributed by atoms with van der Waals surface area (Å²) < 4.78 is 15.1. The van der Waals surface area contributed by atoms with E-state index in [9.17, 15) is 14.0 Å². The molecule has 2 heterocycles. The molecule has 0 bridgehead atoms. The number of carbonyl (C=O) groups is 1. The predicted molar refractivity (Wildman–Crippen MR) is 106 cm³/mol. The molecule has 1 aromatic carbocycles. The second-order valence-electron chi connectivity index (χ2n) is 5.88. The molecule has 1 unspecified atom stereocenters. The van der Waals surface area contributed by atoms with Gasteiger partial charge < -0.3 is 10.4 Å². The van der Waals surface area contributed by atoms with Crippen molar-refractivity contribution in [3.63, 3.8) is 0 Å². The number of aromatic nitrogens is 2. The molecule has 0 spiro atoms. The highest BCUT2D eigenvalue weighted by atomic mass is 35.5. The molecule has 1 aliphatic heterocycles. The first-order valence-electron chi connectivity index (χ1n) is 8.06. The van der Waals surface area contributed by atoms with Crippen LogP contribution in [0.4, 0.5) is 4.39 Å². The van der Waals surface area contributed by atoms with Crippen molar-refractivity contribution in [2.45, 2.75) is 13.0 Å². The molecule has 6 nitrogen and oxygen atoms in total. The zero-order chi connectivity index (χ0) is 19.6. The van der Waals surface area contributed by atoms with Crippen LogP contribution in [0, 0.1) is 0 Å². The predicted octanol–water partition coefficient (Wildman–Crippen LogP) is 2.78. The third-order valence-electron chi connectivity index (χ3n) is 3.82. The number of aliphatic hydroxyl groups is 1. The van der Waals surface area contributed by atoms with E-state index < -0.39 is 33.7 Å². The molecule has 9 heteroatoms. The lowest BCUT2D eigenvalue weighted by Gasteiger charge is -2.18. The average molecular weight is 410 g/mol. The lowest BCUT2D eigenvalue weighted by atomic mass is 10.1. The summed E-state index contributed by atoms with van der Waals surface area (Å²) in [4.78, 5) is 25.3. The lowest BCUT2D eigenvalue weighted by molar-refractivity contribution is 0.0920. The molecule has 2 aromatic rings.